The number of carbonyl (C=O) groups excluding carboxylic acids is 1. The van der Waals surface area contributed by atoms with Gasteiger partial charge in [0.15, 0.2) is 0 Å². The second kappa shape index (κ2) is 12.1. The molecule has 0 heterocycles. The molecule has 2 aromatic rings. The van der Waals surface area contributed by atoms with Crippen LogP contribution < -0.4 is 0 Å². The Balaban J connectivity index is 1.90. The third kappa shape index (κ3) is 8.50. The van der Waals surface area contributed by atoms with Gasteiger partial charge in [-0.25, -0.2) is 4.79 Å². The molecule has 168 valence electrons. The lowest BCUT2D eigenvalue weighted by Crippen LogP contribution is -2.25. The summed E-state index contributed by atoms with van der Waals surface area (Å²) in [6.45, 7) is 4.69. The average Bonchev–Trinajstić information content (AvgIpc) is 2.69. The molecular weight excluding hydrogens is 473 g/mol. The van der Waals surface area contributed by atoms with E-state index in [1.807, 2.05) is 12.1 Å². The standard InChI is InChI=1S/C24H26BrF3O3/c1-17-7-5-9-19(15-17)22(20-10-6-8-18(2)16-20)21(25)11-14-30-12-3-4-13-31-23(29)24(26,27)28/h5-10,15-16H,3-4,11-14H2,1-2H3. The van der Waals surface area contributed by atoms with E-state index in [2.05, 4.69) is 70.9 Å². The summed E-state index contributed by atoms with van der Waals surface area (Å²) >= 11 is 3.73. The lowest BCUT2D eigenvalue weighted by Gasteiger charge is -2.14. The first-order chi connectivity index (χ1) is 14.7. The van der Waals surface area contributed by atoms with Crippen LogP contribution in [0.25, 0.3) is 5.57 Å². The van der Waals surface area contributed by atoms with Gasteiger partial charge in [-0.1, -0.05) is 75.6 Å². The number of esters is 1. The monoisotopic (exact) mass is 498 g/mol. The molecule has 0 atom stereocenters. The van der Waals surface area contributed by atoms with Crippen molar-refractivity contribution < 1.29 is 27.4 Å². The molecule has 0 N–H and O–H groups in total. The Bertz CT molecular complexity index is 859. The number of aryl methyl sites for hydroxylation is 2. The summed E-state index contributed by atoms with van der Waals surface area (Å²) in [6.07, 6.45) is -3.46. The maximum Gasteiger partial charge on any atom is 0.490 e. The van der Waals surface area contributed by atoms with Crippen LogP contribution in [0, 0.1) is 13.8 Å². The van der Waals surface area contributed by atoms with E-state index in [4.69, 9.17) is 4.74 Å². The first kappa shape index (κ1) is 25.1. The fourth-order valence-electron chi connectivity index (χ4n) is 3.02. The Morgan fingerprint density at radius 2 is 1.45 bits per heavy atom. The molecule has 0 saturated carbocycles. The molecule has 0 aliphatic rings. The zero-order valence-corrected chi connectivity index (χ0v) is 19.2. The maximum absolute atomic E-state index is 12.0. The summed E-state index contributed by atoms with van der Waals surface area (Å²) in [6, 6.07) is 16.6. The topological polar surface area (TPSA) is 35.5 Å². The largest absolute Gasteiger partial charge is 0.490 e. The van der Waals surface area contributed by atoms with Crippen LogP contribution >= 0.6 is 15.9 Å². The predicted molar refractivity (Wildman–Crippen MR) is 119 cm³/mol. The zero-order chi connectivity index (χ0) is 22.9. The second-order valence-electron chi connectivity index (χ2n) is 7.22. The number of alkyl halides is 3. The van der Waals surface area contributed by atoms with Crippen LogP contribution in [0.15, 0.2) is 53.0 Å². The van der Waals surface area contributed by atoms with Crippen molar-refractivity contribution in [1.82, 2.24) is 0 Å². The van der Waals surface area contributed by atoms with Crippen molar-refractivity contribution in [2.75, 3.05) is 19.8 Å². The van der Waals surface area contributed by atoms with Crippen LogP contribution in [0.5, 0.6) is 0 Å². The number of carbonyl (C=O) groups is 1. The van der Waals surface area contributed by atoms with Gasteiger partial charge in [-0.05, 0) is 43.4 Å². The van der Waals surface area contributed by atoms with E-state index in [9.17, 15) is 18.0 Å². The van der Waals surface area contributed by atoms with E-state index in [1.165, 1.54) is 11.1 Å². The molecule has 3 nitrogen and oxygen atoms in total. The van der Waals surface area contributed by atoms with Gasteiger partial charge in [0.25, 0.3) is 0 Å². The van der Waals surface area contributed by atoms with Gasteiger partial charge >= 0.3 is 12.1 Å². The van der Waals surface area contributed by atoms with Crippen molar-refractivity contribution in [3.63, 3.8) is 0 Å². The van der Waals surface area contributed by atoms with E-state index in [-0.39, 0.29) is 6.61 Å². The molecule has 0 saturated heterocycles. The minimum absolute atomic E-state index is 0.268. The summed E-state index contributed by atoms with van der Waals surface area (Å²) < 4.78 is 46.9. The van der Waals surface area contributed by atoms with E-state index in [1.54, 1.807) is 0 Å². The number of benzene rings is 2. The molecule has 7 heteroatoms. The molecule has 0 fully saturated rings. The van der Waals surface area contributed by atoms with Crippen molar-refractivity contribution >= 4 is 27.5 Å². The molecular formula is C24H26BrF3O3. The number of hydrogen-bond donors (Lipinski definition) is 0. The molecule has 0 bridgehead atoms. The Kier molecular flexibility index (Phi) is 9.78. The maximum atomic E-state index is 12.0. The van der Waals surface area contributed by atoms with Crippen molar-refractivity contribution in [3.05, 3.63) is 75.3 Å². The molecule has 0 aliphatic carbocycles. The van der Waals surface area contributed by atoms with Crippen molar-refractivity contribution in [2.45, 2.75) is 39.3 Å². The Labute approximate surface area is 189 Å². The predicted octanol–water partition coefficient (Wildman–Crippen LogP) is 6.75. The first-order valence-electron chi connectivity index (χ1n) is 10.0. The van der Waals surface area contributed by atoms with E-state index in [0.29, 0.717) is 32.5 Å². The highest BCUT2D eigenvalue weighted by atomic mass is 79.9. The Morgan fingerprint density at radius 3 is 1.97 bits per heavy atom. The second-order valence-corrected chi connectivity index (χ2v) is 8.18. The molecule has 0 aromatic heterocycles. The van der Waals surface area contributed by atoms with Crippen molar-refractivity contribution in [3.8, 4) is 0 Å². The third-order valence-corrected chi connectivity index (χ3v) is 5.29. The van der Waals surface area contributed by atoms with Gasteiger partial charge in [0.2, 0.25) is 0 Å². The van der Waals surface area contributed by atoms with Crippen LogP contribution in [0.3, 0.4) is 0 Å². The highest BCUT2D eigenvalue weighted by Crippen LogP contribution is 2.32. The Hall–Kier alpha value is -2.12. The molecule has 0 spiro atoms. The lowest BCUT2D eigenvalue weighted by molar-refractivity contribution is -0.199. The smallest absolute Gasteiger partial charge is 0.459 e. The summed E-state index contributed by atoms with van der Waals surface area (Å²) in [4.78, 5) is 10.6. The summed E-state index contributed by atoms with van der Waals surface area (Å²) in [7, 11) is 0. The van der Waals surface area contributed by atoms with Crippen LogP contribution in [0.4, 0.5) is 13.2 Å². The molecule has 2 rings (SSSR count). The fraction of sp³-hybridized carbons (Fsp3) is 0.375. The highest BCUT2D eigenvalue weighted by Gasteiger charge is 2.40. The third-order valence-electron chi connectivity index (χ3n) is 4.50. The van der Waals surface area contributed by atoms with Gasteiger partial charge in [-0.3, -0.25) is 0 Å². The molecule has 0 unspecified atom stereocenters. The molecule has 0 radical (unpaired) electrons. The fourth-order valence-corrected chi connectivity index (χ4v) is 3.64. The Morgan fingerprint density at radius 1 is 0.903 bits per heavy atom. The quantitative estimate of drug-likeness (QED) is 0.268. The molecule has 0 aliphatic heterocycles. The molecule has 31 heavy (non-hydrogen) atoms. The van der Waals surface area contributed by atoms with Crippen molar-refractivity contribution in [2.24, 2.45) is 0 Å². The van der Waals surface area contributed by atoms with Crippen LogP contribution in [0.1, 0.15) is 41.5 Å². The van der Waals surface area contributed by atoms with Gasteiger partial charge in [0.1, 0.15) is 0 Å². The lowest BCUT2D eigenvalue weighted by atomic mass is 9.94. The number of hydrogen-bond acceptors (Lipinski definition) is 3. The van der Waals surface area contributed by atoms with Gasteiger partial charge in [0.05, 0.1) is 13.2 Å². The number of halogens is 4. The number of rotatable bonds is 10. The van der Waals surface area contributed by atoms with Crippen LogP contribution in [-0.4, -0.2) is 32.0 Å². The summed E-state index contributed by atoms with van der Waals surface area (Å²) in [5.74, 6) is -2.15. The van der Waals surface area contributed by atoms with Crippen molar-refractivity contribution in [1.29, 1.82) is 0 Å². The zero-order valence-electron chi connectivity index (χ0n) is 17.6. The molecule has 0 amide bonds. The number of unbranched alkanes of at least 4 members (excludes halogenated alkanes) is 1. The molecule has 2 aromatic carbocycles. The van der Waals surface area contributed by atoms with Gasteiger partial charge in [0, 0.05) is 17.5 Å². The summed E-state index contributed by atoms with van der Waals surface area (Å²) in [5.41, 5.74) is 5.68. The van der Waals surface area contributed by atoms with Crippen LogP contribution in [-0.2, 0) is 14.3 Å². The first-order valence-corrected chi connectivity index (χ1v) is 10.8. The average molecular weight is 499 g/mol. The highest BCUT2D eigenvalue weighted by molar-refractivity contribution is 9.11. The van der Waals surface area contributed by atoms with Gasteiger partial charge in [-0.15, -0.1) is 0 Å². The van der Waals surface area contributed by atoms with E-state index < -0.39 is 12.1 Å². The summed E-state index contributed by atoms with van der Waals surface area (Å²) in [5, 5.41) is 0. The van der Waals surface area contributed by atoms with Gasteiger partial charge < -0.3 is 9.47 Å². The van der Waals surface area contributed by atoms with E-state index in [0.717, 1.165) is 21.2 Å². The van der Waals surface area contributed by atoms with Gasteiger partial charge in [-0.2, -0.15) is 13.2 Å². The van der Waals surface area contributed by atoms with Crippen LogP contribution in [0.2, 0.25) is 0 Å². The van der Waals surface area contributed by atoms with E-state index >= 15 is 0 Å². The normalized spacial score (nSPS) is 11.3. The number of ether oxygens (including phenoxy) is 2. The minimum atomic E-state index is -4.94. The SMILES string of the molecule is Cc1cccc(C(=C(Br)CCOCCCCOC(=O)C(F)(F)F)c2cccc(C)c2)c1. The minimum Gasteiger partial charge on any atom is -0.459 e.